The number of aliphatic imine (C=N–C) groups is 1. The second-order valence-corrected chi connectivity index (χ2v) is 4.92. The van der Waals surface area contributed by atoms with Gasteiger partial charge in [0.25, 0.3) is 5.91 Å². The van der Waals surface area contributed by atoms with Gasteiger partial charge in [-0.3, -0.25) is 9.79 Å². The van der Waals surface area contributed by atoms with Gasteiger partial charge in [-0.25, -0.2) is 0 Å². The molecule has 0 radical (unpaired) electrons. The number of hydrogen-bond donors (Lipinski definition) is 1. The Morgan fingerprint density at radius 3 is 3.00 bits per heavy atom. The van der Waals surface area contributed by atoms with Gasteiger partial charge in [-0.05, 0) is 25.0 Å². The smallest absolute Gasteiger partial charge is 0.260 e. The van der Waals surface area contributed by atoms with Gasteiger partial charge >= 0.3 is 0 Å². The first-order valence-electron chi connectivity index (χ1n) is 6.62. The summed E-state index contributed by atoms with van der Waals surface area (Å²) in [5.74, 6) is 0.0971. The Kier molecular flexibility index (Phi) is 2.97. The van der Waals surface area contributed by atoms with Gasteiger partial charge in [-0.1, -0.05) is 12.5 Å². The third-order valence-corrected chi connectivity index (χ3v) is 3.78. The van der Waals surface area contributed by atoms with Crippen LogP contribution in [0.4, 0.5) is 5.69 Å². The molecule has 1 unspecified atom stereocenters. The van der Waals surface area contributed by atoms with E-state index in [2.05, 4.69) is 11.9 Å². The van der Waals surface area contributed by atoms with Crippen LogP contribution < -0.4 is 4.74 Å². The summed E-state index contributed by atoms with van der Waals surface area (Å²) in [5, 5.41) is 10.1. The van der Waals surface area contributed by atoms with E-state index in [1.54, 1.807) is 23.2 Å². The zero-order valence-electron chi connectivity index (χ0n) is 11.5. The highest BCUT2D eigenvalue weighted by molar-refractivity contribution is 6.05. The number of benzene rings is 1. The molecule has 0 bridgehead atoms. The van der Waals surface area contributed by atoms with E-state index in [0.29, 0.717) is 11.3 Å². The maximum atomic E-state index is 12.6. The first-order chi connectivity index (χ1) is 9.65. The molecular weight excluding hydrogens is 256 g/mol. The van der Waals surface area contributed by atoms with Gasteiger partial charge < -0.3 is 14.7 Å². The van der Waals surface area contributed by atoms with Crippen LogP contribution in [0.5, 0.6) is 11.5 Å². The van der Waals surface area contributed by atoms with E-state index >= 15 is 0 Å². The highest BCUT2D eigenvalue weighted by Crippen LogP contribution is 2.41. The number of nitrogens with zero attached hydrogens (tertiary/aromatic N) is 2. The van der Waals surface area contributed by atoms with Crippen LogP contribution >= 0.6 is 0 Å². The van der Waals surface area contributed by atoms with E-state index in [1.807, 2.05) is 6.20 Å². The lowest BCUT2D eigenvalue weighted by Gasteiger charge is -2.18. The van der Waals surface area contributed by atoms with Gasteiger partial charge in [0.2, 0.25) is 0 Å². The minimum atomic E-state index is -0.135. The van der Waals surface area contributed by atoms with Crippen LogP contribution in [0.25, 0.3) is 0 Å². The fourth-order valence-electron chi connectivity index (χ4n) is 2.61. The number of amides is 1. The molecule has 0 spiro atoms. The van der Waals surface area contributed by atoms with Crippen LogP contribution in [0.1, 0.15) is 30.1 Å². The van der Waals surface area contributed by atoms with Gasteiger partial charge in [0.05, 0.1) is 18.7 Å². The molecule has 1 amide bonds. The second-order valence-electron chi connectivity index (χ2n) is 4.92. The minimum Gasteiger partial charge on any atom is -0.503 e. The standard InChI is InChI=1S/C15H16N2O3/c1-3-9-6-10-7-16-13-11(15(19)17(10)8-9)4-5-12(20-2)14(13)18/h4-5,7-8,10,18H,3,6H2,1-2H3. The van der Waals surface area contributed by atoms with Crippen LogP contribution in [0.15, 0.2) is 28.9 Å². The van der Waals surface area contributed by atoms with Crippen LogP contribution in [-0.2, 0) is 0 Å². The molecule has 3 rings (SSSR count). The number of phenols is 1. The molecule has 0 saturated heterocycles. The quantitative estimate of drug-likeness (QED) is 0.900. The lowest BCUT2D eigenvalue weighted by molar-refractivity contribution is 0.0817. The highest BCUT2D eigenvalue weighted by Gasteiger charge is 2.32. The van der Waals surface area contributed by atoms with Gasteiger partial charge in [-0.15, -0.1) is 0 Å². The Labute approximate surface area is 117 Å². The predicted octanol–water partition coefficient (Wildman–Crippen LogP) is 2.63. The Bertz CT molecular complexity index is 634. The summed E-state index contributed by atoms with van der Waals surface area (Å²) in [6, 6.07) is 3.17. The molecule has 2 aliphatic heterocycles. The molecule has 1 N–H and O–H groups in total. The average molecular weight is 272 g/mol. The van der Waals surface area contributed by atoms with Crippen molar-refractivity contribution in [3.05, 3.63) is 29.5 Å². The number of hydrogen-bond acceptors (Lipinski definition) is 4. The van der Waals surface area contributed by atoms with Gasteiger partial charge in [0.15, 0.2) is 11.5 Å². The number of rotatable bonds is 2. The van der Waals surface area contributed by atoms with Crippen molar-refractivity contribution in [3.8, 4) is 11.5 Å². The molecule has 5 heteroatoms. The zero-order valence-corrected chi connectivity index (χ0v) is 11.5. The van der Waals surface area contributed by atoms with Gasteiger partial charge in [0.1, 0.15) is 5.69 Å². The van der Waals surface area contributed by atoms with Crippen LogP contribution in [-0.4, -0.2) is 35.3 Å². The maximum absolute atomic E-state index is 12.6. The first kappa shape index (κ1) is 12.7. The summed E-state index contributed by atoms with van der Waals surface area (Å²) in [4.78, 5) is 18.6. The molecule has 5 nitrogen and oxygen atoms in total. The van der Waals surface area contributed by atoms with Crippen molar-refractivity contribution in [2.45, 2.75) is 25.8 Å². The van der Waals surface area contributed by atoms with Gasteiger partial charge in [-0.2, -0.15) is 0 Å². The molecule has 0 saturated carbocycles. The van der Waals surface area contributed by atoms with E-state index in [9.17, 15) is 9.90 Å². The third-order valence-electron chi connectivity index (χ3n) is 3.78. The fraction of sp³-hybridized carbons (Fsp3) is 0.333. The number of fused-ring (bicyclic) bond motifs is 2. The molecule has 1 aromatic carbocycles. The van der Waals surface area contributed by atoms with Crippen molar-refractivity contribution in [3.63, 3.8) is 0 Å². The summed E-state index contributed by atoms with van der Waals surface area (Å²) in [6.07, 6.45) is 5.35. The molecule has 1 aromatic rings. The topological polar surface area (TPSA) is 62.1 Å². The van der Waals surface area contributed by atoms with E-state index in [-0.39, 0.29) is 23.4 Å². The van der Waals surface area contributed by atoms with E-state index in [1.165, 1.54) is 12.7 Å². The molecule has 1 atom stereocenters. The zero-order chi connectivity index (χ0) is 14.3. The van der Waals surface area contributed by atoms with Crippen LogP contribution in [0.2, 0.25) is 0 Å². The van der Waals surface area contributed by atoms with Crippen molar-refractivity contribution in [2.75, 3.05) is 7.11 Å². The Morgan fingerprint density at radius 1 is 1.50 bits per heavy atom. The number of carbonyl (C=O) groups is 1. The summed E-state index contributed by atoms with van der Waals surface area (Å²) in [6.45, 7) is 2.07. The molecule has 0 aromatic heterocycles. The SMILES string of the molecule is CCC1=CN2C(=O)c3ccc(OC)c(O)c3N=CC2C1. The highest BCUT2D eigenvalue weighted by atomic mass is 16.5. The third kappa shape index (κ3) is 1.78. The number of aromatic hydroxyl groups is 1. The van der Waals surface area contributed by atoms with E-state index in [0.717, 1.165) is 12.8 Å². The summed E-state index contributed by atoms with van der Waals surface area (Å²) >= 11 is 0. The minimum absolute atomic E-state index is 0.0600. The Morgan fingerprint density at radius 2 is 2.30 bits per heavy atom. The van der Waals surface area contributed by atoms with Crippen LogP contribution in [0, 0.1) is 0 Å². The molecule has 2 heterocycles. The number of phenolic OH excluding ortho intramolecular Hbond substituents is 1. The van der Waals surface area contributed by atoms with Crippen molar-refractivity contribution in [1.29, 1.82) is 0 Å². The second kappa shape index (κ2) is 4.67. The molecule has 20 heavy (non-hydrogen) atoms. The predicted molar refractivity (Wildman–Crippen MR) is 75.8 cm³/mol. The fourth-order valence-corrected chi connectivity index (χ4v) is 2.61. The largest absolute Gasteiger partial charge is 0.503 e. The Balaban J connectivity index is 2.10. The first-order valence-corrected chi connectivity index (χ1v) is 6.62. The lowest BCUT2D eigenvalue weighted by Crippen LogP contribution is -2.32. The van der Waals surface area contributed by atoms with Crippen molar-refractivity contribution < 1.29 is 14.6 Å². The van der Waals surface area contributed by atoms with E-state index < -0.39 is 0 Å². The van der Waals surface area contributed by atoms with Crippen molar-refractivity contribution in [1.82, 2.24) is 4.90 Å². The average Bonchev–Trinajstić information content (AvgIpc) is 2.83. The van der Waals surface area contributed by atoms with Crippen molar-refractivity contribution >= 4 is 17.8 Å². The summed E-state index contributed by atoms with van der Waals surface area (Å²) < 4.78 is 5.05. The number of ether oxygens (including phenoxy) is 1. The Hall–Kier alpha value is -2.30. The molecular formula is C15H16N2O3. The summed E-state index contributed by atoms with van der Waals surface area (Å²) in [5.41, 5.74) is 1.92. The van der Waals surface area contributed by atoms with Crippen LogP contribution in [0.3, 0.4) is 0 Å². The monoisotopic (exact) mass is 272 g/mol. The molecule has 0 aliphatic carbocycles. The molecule has 2 aliphatic rings. The summed E-state index contributed by atoms with van der Waals surface area (Å²) in [7, 11) is 1.47. The number of methoxy groups -OCH3 is 1. The van der Waals surface area contributed by atoms with Gasteiger partial charge in [0, 0.05) is 12.4 Å². The van der Waals surface area contributed by atoms with E-state index in [4.69, 9.17) is 4.74 Å². The molecule has 104 valence electrons. The normalized spacial score (nSPS) is 20.3. The maximum Gasteiger partial charge on any atom is 0.260 e. The van der Waals surface area contributed by atoms with Crippen molar-refractivity contribution in [2.24, 2.45) is 4.99 Å². The molecule has 0 fully saturated rings. The lowest BCUT2D eigenvalue weighted by atomic mass is 10.1. The number of carbonyl (C=O) groups excluding carboxylic acids is 1.